The van der Waals surface area contributed by atoms with Gasteiger partial charge in [-0.2, -0.15) is 12.7 Å². The van der Waals surface area contributed by atoms with Crippen LogP contribution in [-0.2, 0) is 23.1 Å². The number of aromatic nitrogens is 3. The lowest BCUT2D eigenvalue weighted by Crippen LogP contribution is -2.50. The van der Waals surface area contributed by atoms with E-state index in [1.807, 2.05) is 32.0 Å². The Balaban J connectivity index is 1.66. The Labute approximate surface area is 173 Å². The van der Waals surface area contributed by atoms with Crippen LogP contribution in [0.25, 0.3) is 0 Å². The molecule has 0 spiro atoms. The average Bonchev–Trinajstić information content (AvgIpc) is 2.67. The summed E-state index contributed by atoms with van der Waals surface area (Å²) in [6.45, 7) is 10.1. The molecule has 0 radical (unpaired) electrons. The van der Waals surface area contributed by atoms with Crippen LogP contribution in [0.3, 0.4) is 0 Å². The minimum absolute atomic E-state index is 0.354. The summed E-state index contributed by atoms with van der Waals surface area (Å²) in [5, 5.41) is 0. The first kappa shape index (κ1) is 21.4. The molecule has 2 aromatic rings. The van der Waals surface area contributed by atoms with Gasteiger partial charge in [-0.25, -0.2) is 15.0 Å². The molecule has 0 saturated carbocycles. The molecule has 29 heavy (non-hydrogen) atoms. The molecule has 3 rings (SSSR count). The van der Waals surface area contributed by atoms with E-state index in [9.17, 15) is 8.42 Å². The largest absolute Gasteiger partial charge is 0.338 e. The van der Waals surface area contributed by atoms with Crippen LogP contribution in [0.2, 0.25) is 0 Å². The van der Waals surface area contributed by atoms with Crippen LogP contribution in [-0.4, -0.2) is 53.9 Å². The number of nitrogens with zero attached hydrogens (tertiary/aromatic N) is 5. The van der Waals surface area contributed by atoms with Crippen molar-refractivity contribution in [3.8, 4) is 0 Å². The topological polar surface area (TPSA) is 91.3 Å². The van der Waals surface area contributed by atoms with E-state index in [-0.39, 0.29) is 0 Å². The number of rotatable bonds is 7. The quantitative estimate of drug-likeness (QED) is 0.743. The van der Waals surface area contributed by atoms with Gasteiger partial charge in [-0.1, -0.05) is 26.8 Å². The van der Waals surface area contributed by atoms with Gasteiger partial charge in [0.1, 0.15) is 5.82 Å². The summed E-state index contributed by atoms with van der Waals surface area (Å²) in [5.41, 5.74) is 2.81. The van der Waals surface area contributed by atoms with E-state index in [1.54, 1.807) is 6.07 Å². The van der Waals surface area contributed by atoms with Crippen LogP contribution in [0.4, 0.5) is 11.8 Å². The van der Waals surface area contributed by atoms with Crippen LogP contribution in [0.5, 0.6) is 0 Å². The average molecular weight is 419 g/mol. The Kier molecular flexibility index (Phi) is 6.69. The molecule has 0 aromatic carbocycles. The molecule has 0 atom stereocenters. The molecule has 2 aromatic heterocycles. The molecule has 3 heterocycles. The maximum atomic E-state index is 12.8. The third-order valence-electron chi connectivity index (χ3n) is 4.78. The molecule has 1 aliphatic heterocycles. The van der Waals surface area contributed by atoms with Crippen molar-refractivity contribution in [2.75, 3.05) is 35.8 Å². The molecule has 1 N–H and O–H groups in total. The van der Waals surface area contributed by atoms with Gasteiger partial charge in [-0.05, 0) is 43.9 Å². The summed E-state index contributed by atoms with van der Waals surface area (Å²) >= 11 is 0. The Morgan fingerprint density at radius 2 is 1.79 bits per heavy atom. The Morgan fingerprint density at radius 1 is 1.07 bits per heavy atom. The van der Waals surface area contributed by atoms with Gasteiger partial charge in [-0.15, -0.1) is 0 Å². The Hall–Kier alpha value is -2.26. The maximum absolute atomic E-state index is 12.8. The zero-order valence-electron chi connectivity index (χ0n) is 17.6. The van der Waals surface area contributed by atoms with Gasteiger partial charge in [0.15, 0.2) is 0 Å². The lowest BCUT2D eigenvalue weighted by atomic mass is 10.1. The van der Waals surface area contributed by atoms with Crippen molar-refractivity contribution < 1.29 is 8.42 Å². The van der Waals surface area contributed by atoms with E-state index in [1.165, 1.54) is 4.31 Å². The van der Waals surface area contributed by atoms with E-state index in [0.29, 0.717) is 43.9 Å². The standard InChI is InChI=1S/C20H30N6O2S/c1-5-17-7-6-8-19(22-17)24-29(27,28)26-11-9-25(10-12-26)20-21-16(4)14-18(23-20)13-15(2)3/h6-8,14-15H,5,9-13H2,1-4H3,(H,22,24). The minimum atomic E-state index is -3.65. The van der Waals surface area contributed by atoms with Crippen LogP contribution >= 0.6 is 0 Å². The summed E-state index contributed by atoms with van der Waals surface area (Å²) < 4.78 is 29.6. The van der Waals surface area contributed by atoms with Crippen molar-refractivity contribution in [2.24, 2.45) is 5.92 Å². The molecule has 1 fully saturated rings. The monoisotopic (exact) mass is 418 g/mol. The first-order valence-electron chi connectivity index (χ1n) is 10.1. The van der Waals surface area contributed by atoms with E-state index >= 15 is 0 Å². The molecule has 0 amide bonds. The van der Waals surface area contributed by atoms with E-state index < -0.39 is 10.2 Å². The van der Waals surface area contributed by atoms with Crippen LogP contribution in [0.15, 0.2) is 24.3 Å². The van der Waals surface area contributed by atoms with E-state index in [2.05, 4.69) is 33.4 Å². The van der Waals surface area contributed by atoms with Crippen molar-refractivity contribution in [1.29, 1.82) is 0 Å². The zero-order chi connectivity index (χ0) is 21.0. The third-order valence-corrected chi connectivity index (χ3v) is 6.29. The second kappa shape index (κ2) is 9.04. The smallest absolute Gasteiger partial charge is 0.302 e. The van der Waals surface area contributed by atoms with Gasteiger partial charge >= 0.3 is 10.2 Å². The van der Waals surface area contributed by atoms with Crippen molar-refractivity contribution in [2.45, 2.75) is 40.5 Å². The van der Waals surface area contributed by atoms with Crippen LogP contribution in [0, 0.1) is 12.8 Å². The molecule has 0 bridgehead atoms. The second-order valence-corrected chi connectivity index (χ2v) is 9.43. The summed E-state index contributed by atoms with van der Waals surface area (Å²) in [6, 6.07) is 7.38. The Bertz CT molecular complexity index is 940. The summed E-state index contributed by atoms with van der Waals surface area (Å²) in [5.74, 6) is 1.56. The molecule has 1 aliphatic rings. The van der Waals surface area contributed by atoms with Gasteiger partial charge in [0.05, 0.1) is 0 Å². The third kappa shape index (κ3) is 5.63. The molecular formula is C20H30N6O2S. The molecule has 8 nitrogen and oxygen atoms in total. The lowest BCUT2D eigenvalue weighted by Gasteiger charge is -2.34. The number of pyridine rings is 1. The predicted molar refractivity (Wildman–Crippen MR) is 115 cm³/mol. The number of hydrogen-bond acceptors (Lipinski definition) is 6. The van der Waals surface area contributed by atoms with Crippen LogP contribution in [0.1, 0.15) is 37.9 Å². The van der Waals surface area contributed by atoms with Gasteiger partial charge in [0, 0.05) is 43.3 Å². The first-order chi connectivity index (χ1) is 13.8. The molecular weight excluding hydrogens is 388 g/mol. The van der Waals surface area contributed by atoms with Crippen molar-refractivity contribution in [1.82, 2.24) is 19.3 Å². The zero-order valence-corrected chi connectivity index (χ0v) is 18.4. The summed E-state index contributed by atoms with van der Waals surface area (Å²) in [6.07, 6.45) is 1.65. The Morgan fingerprint density at radius 3 is 2.45 bits per heavy atom. The number of nitrogens with one attached hydrogen (secondary N) is 1. The molecule has 0 unspecified atom stereocenters. The molecule has 1 saturated heterocycles. The van der Waals surface area contributed by atoms with Gasteiger partial charge < -0.3 is 4.90 Å². The number of anilines is 2. The lowest BCUT2D eigenvalue weighted by molar-refractivity contribution is 0.385. The molecule has 158 valence electrons. The number of aryl methyl sites for hydroxylation is 2. The highest BCUT2D eigenvalue weighted by Crippen LogP contribution is 2.18. The van der Waals surface area contributed by atoms with E-state index in [0.717, 1.165) is 29.9 Å². The number of piperazine rings is 1. The van der Waals surface area contributed by atoms with Crippen molar-refractivity contribution >= 4 is 22.0 Å². The minimum Gasteiger partial charge on any atom is -0.338 e. The second-order valence-electron chi connectivity index (χ2n) is 7.76. The maximum Gasteiger partial charge on any atom is 0.302 e. The predicted octanol–water partition coefficient (Wildman–Crippen LogP) is 2.42. The fourth-order valence-corrected chi connectivity index (χ4v) is 4.49. The van der Waals surface area contributed by atoms with Gasteiger partial charge in [0.2, 0.25) is 5.95 Å². The highest BCUT2D eigenvalue weighted by molar-refractivity contribution is 7.90. The van der Waals surface area contributed by atoms with Gasteiger partial charge in [-0.3, -0.25) is 4.72 Å². The van der Waals surface area contributed by atoms with Crippen LogP contribution < -0.4 is 9.62 Å². The highest BCUT2D eigenvalue weighted by Gasteiger charge is 2.28. The number of hydrogen-bond donors (Lipinski definition) is 1. The highest BCUT2D eigenvalue weighted by atomic mass is 32.2. The molecule has 9 heteroatoms. The fraction of sp³-hybridized carbons (Fsp3) is 0.550. The van der Waals surface area contributed by atoms with Gasteiger partial charge in [0.25, 0.3) is 0 Å². The summed E-state index contributed by atoms with van der Waals surface area (Å²) in [4.78, 5) is 15.6. The van der Waals surface area contributed by atoms with Crippen molar-refractivity contribution in [3.63, 3.8) is 0 Å². The normalized spacial score (nSPS) is 15.7. The van der Waals surface area contributed by atoms with E-state index in [4.69, 9.17) is 4.98 Å². The summed E-state index contributed by atoms with van der Waals surface area (Å²) in [7, 11) is -3.65. The SMILES string of the molecule is CCc1cccc(NS(=O)(=O)N2CCN(c3nc(C)cc(CC(C)C)n3)CC2)n1. The first-order valence-corrected chi connectivity index (χ1v) is 11.5. The molecule has 0 aliphatic carbocycles. The van der Waals surface area contributed by atoms with Crippen molar-refractivity contribution in [3.05, 3.63) is 41.3 Å². The fourth-order valence-electron chi connectivity index (χ4n) is 3.34.